The Morgan fingerprint density at radius 3 is 2.74 bits per heavy atom. The molecule has 1 N–H and O–H groups in total. The number of hydrogen-bond donors (Lipinski definition) is 1. The van der Waals surface area contributed by atoms with Crippen molar-refractivity contribution in [3.05, 3.63) is 36.0 Å². The lowest BCUT2D eigenvalue weighted by Gasteiger charge is -2.58. The highest BCUT2D eigenvalue weighted by Gasteiger charge is 2.63. The second-order valence-electron chi connectivity index (χ2n) is 9.04. The molecule has 4 rings (SSSR count). The fraction of sp³-hybridized carbons (Fsp3) is 0.667. The molecular formula is C21H28O2. The zero-order chi connectivity index (χ0) is 16.6. The highest BCUT2D eigenvalue weighted by Crippen LogP contribution is 2.67. The van der Waals surface area contributed by atoms with Crippen molar-refractivity contribution in [2.45, 2.75) is 58.5 Å². The van der Waals surface area contributed by atoms with Crippen molar-refractivity contribution in [2.24, 2.45) is 28.6 Å². The van der Waals surface area contributed by atoms with Gasteiger partial charge in [0, 0.05) is 10.8 Å². The van der Waals surface area contributed by atoms with Gasteiger partial charge < -0.3 is 5.11 Å². The van der Waals surface area contributed by atoms with Crippen LogP contribution in [0.2, 0.25) is 0 Å². The van der Waals surface area contributed by atoms with Crippen LogP contribution in [-0.2, 0) is 4.79 Å². The van der Waals surface area contributed by atoms with E-state index < -0.39 is 5.60 Å². The molecule has 124 valence electrons. The Hall–Kier alpha value is -1.15. The van der Waals surface area contributed by atoms with Gasteiger partial charge in [0.25, 0.3) is 0 Å². The maximum Gasteiger partial charge on any atom is 0.178 e. The highest BCUT2D eigenvalue weighted by molar-refractivity contribution is 6.01. The largest absolute Gasteiger partial charge is 0.390 e. The summed E-state index contributed by atoms with van der Waals surface area (Å²) in [6, 6.07) is 0. The molecule has 0 saturated heterocycles. The Balaban J connectivity index is 1.78. The second-order valence-corrected chi connectivity index (χ2v) is 9.04. The van der Waals surface area contributed by atoms with Crippen molar-refractivity contribution in [2.75, 3.05) is 0 Å². The minimum absolute atomic E-state index is 0.0446. The van der Waals surface area contributed by atoms with Crippen LogP contribution in [0, 0.1) is 28.6 Å². The minimum Gasteiger partial charge on any atom is -0.390 e. The molecule has 3 saturated carbocycles. The number of allylic oxidation sites excluding steroid dienone is 5. The molecular weight excluding hydrogens is 284 g/mol. The van der Waals surface area contributed by atoms with Crippen LogP contribution >= 0.6 is 0 Å². The summed E-state index contributed by atoms with van der Waals surface area (Å²) in [5.74, 6) is 1.69. The second kappa shape index (κ2) is 4.47. The molecule has 3 fully saturated rings. The standard InChI is InChI=1S/C21H28O2/c1-13-12-20(3)17(8-10-21(20,4)23)16-6-5-14-11-15(22)7-9-19(14,2)18(13)16/h7,9,11,16-18,23H,1,5-6,8,10,12H2,2-4H3. The van der Waals surface area contributed by atoms with Crippen LogP contribution < -0.4 is 0 Å². The first-order valence-corrected chi connectivity index (χ1v) is 9.03. The van der Waals surface area contributed by atoms with E-state index >= 15 is 0 Å². The lowest BCUT2D eigenvalue weighted by atomic mass is 9.46. The zero-order valence-electron chi connectivity index (χ0n) is 14.6. The molecule has 0 radical (unpaired) electrons. The summed E-state index contributed by atoms with van der Waals surface area (Å²) in [6.45, 7) is 11.1. The van der Waals surface area contributed by atoms with Gasteiger partial charge in [-0.05, 0) is 68.9 Å². The topological polar surface area (TPSA) is 37.3 Å². The molecule has 23 heavy (non-hydrogen) atoms. The van der Waals surface area contributed by atoms with Gasteiger partial charge in [0.1, 0.15) is 0 Å². The normalized spacial score (nSPS) is 51.8. The fourth-order valence-corrected chi connectivity index (χ4v) is 6.51. The summed E-state index contributed by atoms with van der Waals surface area (Å²) >= 11 is 0. The summed E-state index contributed by atoms with van der Waals surface area (Å²) in [5, 5.41) is 11.0. The number of hydrogen-bond acceptors (Lipinski definition) is 2. The average Bonchev–Trinajstić information content (AvgIpc) is 2.69. The molecule has 0 bridgehead atoms. The zero-order valence-corrected chi connectivity index (χ0v) is 14.6. The maximum absolute atomic E-state index is 11.8. The van der Waals surface area contributed by atoms with Crippen LogP contribution in [0.3, 0.4) is 0 Å². The summed E-state index contributed by atoms with van der Waals surface area (Å²) in [6.07, 6.45) is 10.8. The number of aliphatic hydroxyl groups is 1. The van der Waals surface area contributed by atoms with E-state index in [1.807, 2.05) is 13.0 Å². The average molecular weight is 312 g/mol. The quantitative estimate of drug-likeness (QED) is 0.680. The van der Waals surface area contributed by atoms with Crippen LogP contribution in [0.1, 0.15) is 52.9 Å². The van der Waals surface area contributed by atoms with Gasteiger partial charge in [0.15, 0.2) is 5.78 Å². The number of rotatable bonds is 0. The van der Waals surface area contributed by atoms with Crippen molar-refractivity contribution < 1.29 is 9.90 Å². The van der Waals surface area contributed by atoms with Crippen molar-refractivity contribution in [3.63, 3.8) is 0 Å². The van der Waals surface area contributed by atoms with Crippen molar-refractivity contribution >= 4 is 5.78 Å². The number of carbonyl (C=O) groups excluding carboxylic acids is 1. The molecule has 0 heterocycles. The smallest absolute Gasteiger partial charge is 0.178 e. The predicted molar refractivity (Wildman–Crippen MR) is 91.8 cm³/mol. The number of ketones is 1. The SMILES string of the molecule is C=C1CC2(C)C(CCC2(C)O)C2CCC3=CC(=O)C=CC3(C)C12. The first-order chi connectivity index (χ1) is 10.7. The predicted octanol–water partition coefficient (Wildman–Crippen LogP) is 4.21. The molecule has 2 nitrogen and oxygen atoms in total. The van der Waals surface area contributed by atoms with Crippen LogP contribution in [0.25, 0.3) is 0 Å². The van der Waals surface area contributed by atoms with Crippen LogP contribution in [0.15, 0.2) is 36.0 Å². The molecule has 0 spiro atoms. The van der Waals surface area contributed by atoms with E-state index in [-0.39, 0.29) is 16.6 Å². The Kier molecular flexibility index (Phi) is 2.99. The Morgan fingerprint density at radius 1 is 1.26 bits per heavy atom. The summed E-state index contributed by atoms with van der Waals surface area (Å²) < 4.78 is 0. The first kappa shape index (κ1) is 15.4. The molecule has 0 aromatic heterocycles. The molecule has 6 atom stereocenters. The van der Waals surface area contributed by atoms with Crippen LogP contribution in [-0.4, -0.2) is 16.5 Å². The van der Waals surface area contributed by atoms with Gasteiger partial charge in [0.2, 0.25) is 0 Å². The number of carbonyl (C=O) groups is 1. The third-order valence-electron chi connectivity index (χ3n) is 7.97. The van der Waals surface area contributed by atoms with Crippen LogP contribution in [0.5, 0.6) is 0 Å². The van der Waals surface area contributed by atoms with E-state index in [4.69, 9.17) is 0 Å². The summed E-state index contributed by atoms with van der Waals surface area (Å²) in [5.41, 5.74) is 1.89. The van der Waals surface area contributed by atoms with Gasteiger partial charge in [-0.15, -0.1) is 0 Å². The molecule has 6 unspecified atom stereocenters. The van der Waals surface area contributed by atoms with E-state index in [9.17, 15) is 9.90 Å². The summed E-state index contributed by atoms with van der Waals surface area (Å²) in [4.78, 5) is 11.8. The Morgan fingerprint density at radius 2 is 2.00 bits per heavy atom. The first-order valence-electron chi connectivity index (χ1n) is 9.03. The van der Waals surface area contributed by atoms with Gasteiger partial charge >= 0.3 is 0 Å². The summed E-state index contributed by atoms with van der Waals surface area (Å²) in [7, 11) is 0. The van der Waals surface area contributed by atoms with Gasteiger partial charge in [-0.3, -0.25) is 4.79 Å². The third-order valence-corrected chi connectivity index (χ3v) is 7.97. The van der Waals surface area contributed by atoms with Crippen molar-refractivity contribution in [3.8, 4) is 0 Å². The monoisotopic (exact) mass is 312 g/mol. The molecule has 0 aliphatic heterocycles. The van der Waals surface area contributed by atoms with E-state index in [0.29, 0.717) is 17.8 Å². The van der Waals surface area contributed by atoms with Gasteiger partial charge in [-0.25, -0.2) is 0 Å². The maximum atomic E-state index is 11.8. The molecule has 0 amide bonds. The number of fused-ring (bicyclic) bond motifs is 5. The Labute approximate surface area is 139 Å². The van der Waals surface area contributed by atoms with E-state index in [1.54, 1.807) is 6.08 Å². The highest BCUT2D eigenvalue weighted by atomic mass is 16.3. The molecule has 2 heteroatoms. The van der Waals surface area contributed by atoms with Gasteiger partial charge in [0.05, 0.1) is 5.60 Å². The molecule has 0 aromatic rings. The third kappa shape index (κ3) is 1.82. The molecule has 4 aliphatic carbocycles. The van der Waals surface area contributed by atoms with Crippen LogP contribution in [0.4, 0.5) is 0 Å². The van der Waals surface area contributed by atoms with E-state index in [1.165, 1.54) is 11.1 Å². The molecule has 0 aromatic carbocycles. The fourth-order valence-electron chi connectivity index (χ4n) is 6.51. The van der Waals surface area contributed by atoms with E-state index in [2.05, 4.69) is 26.5 Å². The van der Waals surface area contributed by atoms with Gasteiger partial charge in [-0.1, -0.05) is 37.6 Å². The van der Waals surface area contributed by atoms with Crippen molar-refractivity contribution in [1.82, 2.24) is 0 Å². The minimum atomic E-state index is -0.582. The van der Waals surface area contributed by atoms with Gasteiger partial charge in [-0.2, -0.15) is 0 Å². The van der Waals surface area contributed by atoms with E-state index in [0.717, 1.165) is 32.1 Å². The Bertz CT molecular complexity index is 653. The van der Waals surface area contributed by atoms with Crippen molar-refractivity contribution in [1.29, 1.82) is 0 Å². The molecule has 4 aliphatic rings. The lowest BCUT2D eigenvalue weighted by Crippen LogP contribution is -2.54. The lowest BCUT2D eigenvalue weighted by molar-refractivity contribution is -0.111.